The number of benzene rings is 1. The van der Waals surface area contributed by atoms with Crippen molar-refractivity contribution < 1.29 is 14.3 Å². The fourth-order valence-electron chi connectivity index (χ4n) is 3.18. The Morgan fingerprint density at radius 2 is 1.89 bits per heavy atom. The van der Waals surface area contributed by atoms with Crippen molar-refractivity contribution in [1.82, 2.24) is 0 Å². The number of hydrogen-bond donors (Lipinski definition) is 1. The molecule has 0 amide bonds. The third-order valence-electron chi connectivity index (χ3n) is 4.56. The van der Waals surface area contributed by atoms with Crippen molar-refractivity contribution in [3.8, 4) is 0 Å². The van der Waals surface area contributed by atoms with Gasteiger partial charge in [0.15, 0.2) is 0 Å². The van der Waals surface area contributed by atoms with Crippen LogP contribution in [0, 0.1) is 5.82 Å². The van der Waals surface area contributed by atoms with E-state index in [1.54, 1.807) is 12.1 Å². The predicted octanol–water partition coefficient (Wildman–Crippen LogP) is 2.93. The lowest BCUT2D eigenvalue weighted by Crippen LogP contribution is -2.42. The minimum Gasteiger partial charge on any atom is -0.481 e. The molecule has 0 aromatic heterocycles. The topological polar surface area (TPSA) is 40.5 Å². The molecule has 0 spiro atoms. The van der Waals surface area contributed by atoms with Crippen LogP contribution in [-0.2, 0) is 10.2 Å². The molecule has 4 heteroatoms. The van der Waals surface area contributed by atoms with Crippen LogP contribution in [0.5, 0.6) is 0 Å². The van der Waals surface area contributed by atoms with Gasteiger partial charge < -0.3 is 10.0 Å². The molecule has 1 saturated heterocycles. The van der Waals surface area contributed by atoms with Gasteiger partial charge in [-0.3, -0.25) is 4.79 Å². The van der Waals surface area contributed by atoms with Crippen LogP contribution in [0.3, 0.4) is 0 Å². The summed E-state index contributed by atoms with van der Waals surface area (Å²) in [5.41, 5.74) is 0.387. The Bertz CT molecular complexity index is 505. The first-order chi connectivity index (χ1) is 9.13. The highest BCUT2D eigenvalue weighted by atomic mass is 19.1. The molecule has 0 radical (unpaired) electrons. The number of halogens is 1. The van der Waals surface area contributed by atoms with Gasteiger partial charge >= 0.3 is 5.97 Å². The summed E-state index contributed by atoms with van der Waals surface area (Å²) in [6, 6.07) is 4.98. The van der Waals surface area contributed by atoms with Crippen LogP contribution in [0.25, 0.3) is 0 Å². The van der Waals surface area contributed by atoms with Gasteiger partial charge in [0, 0.05) is 13.1 Å². The Kier molecular flexibility index (Phi) is 2.96. The summed E-state index contributed by atoms with van der Waals surface area (Å²) in [5.74, 6) is -1.11. The second kappa shape index (κ2) is 4.51. The molecule has 1 N–H and O–H groups in total. The fraction of sp³-hybridized carbons (Fsp3) is 0.533. The predicted molar refractivity (Wildman–Crippen MR) is 71.0 cm³/mol. The van der Waals surface area contributed by atoms with E-state index in [9.17, 15) is 14.3 Å². The SMILES string of the molecule is O=C(O)C1(c2ccc(N3CCCC3)c(F)c2)CCC1. The van der Waals surface area contributed by atoms with Crippen molar-refractivity contribution in [2.45, 2.75) is 37.5 Å². The van der Waals surface area contributed by atoms with Gasteiger partial charge in [0.25, 0.3) is 0 Å². The lowest BCUT2D eigenvalue weighted by molar-refractivity contribution is -0.147. The number of carboxylic acid groups (broad SMARTS) is 1. The van der Waals surface area contributed by atoms with Crippen LogP contribution in [-0.4, -0.2) is 24.2 Å². The average Bonchev–Trinajstić information content (AvgIpc) is 2.80. The molecule has 19 heavy (non-hydrogen) atoms. The van der Waals surface area contributed by atoms with Crippen molar-refractivity contribution >= 4 is 11.7 Å². The first kappa shape index (κ1) is 12.5. The molecule has 0 bridgehead atoms. The van der Waals surface area contributed by atoms with E-state index >= 15 is 0 Å². The first-order valence-corrected chi connectivity index (χ1v) is 6.92. The Labute approximate surface area is 112 Å². The molecule has 0 atom stereocenters. The largest absolute Gasteiger partial charge is 0.481 e. The van der Waals surface area contributed by atoms with Gasteiger partial charge in [-0.05, 0) is 43.4 Å². The first-order valence-electron chi connectivity index (χ1n) is 6.92. The van der Waals surface area contributed by atoms with E-state index in [-0.39, 0.29) is 5.82 Å². The molecule has 102 valence electrons. The molecule has 1 aromatic carbocycles. The van der Waals surface area contributed by atoms with Crippen molar-refractivity contribution in [2.75, 3.05) is 18.0 Å². The van der Waals surface area contributed by atoms with E-state index < -0.39 is 11.4 Å². The summed E-state index contributed by atoms with van der Waals surface area (Å²) in [6.07, 6.45) is 4.33. The minimum absolute atomic E-state index is 0.285. The lowest BCUT2D eigenvalue weighted by atomic mass is 9.64. The van der Waals surface area contributed by atoms with Crippen molar-refractivity contribution in [2.24, 2.45) is 0 Å². The number of carboxylic acids is 1. The molecule has 2 aliphatic rings. The zero-order chi connectivity index (χ0) is 13.5. The van der Waals surface area contributed by atoms with Gasteiger partial charge in [-0.15, -0.1) is 0 Å². The third-order valence-corrected chi connectivity index (χ3v) is 4.56. The normalized spacial score (nSPS) is 21.2. The number of rotatable bonds is 3. The second-order valence-electron chi connectivity index (χ2n) is 5.60. The lowest BCUT2D eigenvalue weighted by Gasteiger charge is -2.38. The molecule has 3 nitrogen and oxygen atoms in total. The Morgan fingerprint density at radius 3 is 2.37 bits per heavy atom. The molecule has 1 heterocycles. The second-order valence-corrected chi connectivity index (χ2v) is 5.60. The highest BCUT2D eigenvalue weighted by Gasteiger charge is 2.46. The standard InChI is InChI=1S/C15H18FNO2/c16-12-10-11(15(14(18)19)6-3-7-15)4-5-13(12)17-8-1-2-9-17/h4-5,10H,1-3,6-9H2,(H,18,19). The zero-order valence-electron chi connectivity index (χ0n) is 10.9. The highest BCUT2D eigenvalue weighted by molar-refractivity contribution is 5.82. The molecular weight excluding hydrogens is 245 g/mol. The number of hydrogen-bond acceptors (Lipinski definition) is 2. The summed E-state index contributed by atoms with van der Waals surface area (Å²) in [7, 11) is 0. The molecular formula is C15H18FNO2. The number of aliphatic carboxylic acids is 1. The van der Waals surface area contributed by atoms with Crippen molar-refractivity contribution in [3.63, 3.8) is 0 Å². The van der Waals surface area contributed by atoms with Gasteiger partial charge in [-0.1, -0.05) is 12.5 Å². The van der Waals surface area contributed by atoms with E-state index in [0.717, 1.165) is 32.4 Å². The maximum Gasteiger partial charge on any atom is 0.314 e. The number of nitrogens with zero attached hydrogens (tertiary/aromatic N) is 1. The van der Waals surface area contributed by atoms with Crippen LogP contribution < -0.4 is 4.90 Å². The smallest absolute Gasteiger partial charge is 0.314 e. The zero-order valence-corrected chi connectivity index (χ0v) is 10.9. The Hall–Kier alpha value is -1.58. The van der Waals surface area contributed by atoms with E-state index in [0.29, 0.717) is 24.1 Å². The summed E-state index contributed by atoms with van der Waals surface area (Å²) in [4.78, 5) is 13.5. The van der Waals surface area contributed by atoms with Crippen LogP contribution in [0.15, 0.2) is 18.2 Å². The van der Waals surface area contributed by atoms with Crippen LogP contribution in [0.2, 0.25) is 0 Å². The third kappa shape index (κ3) is 1.90. The molecule has 1 aromatic rings. The van der Waals surface area contributed by atoms with Crippen LogP contribution >= 0.6 is 0 Å². The van der Waals surface area contributed by atoms with E-state index in [4.69, 9.17) is 0 Å². The molecule has 2 fully saturated rings. The quantitative estimate of drug-likeness (QED) is 0.911. The van der Waals surface area contributed by atoms with Gasteiger partial charge in [-0.2, -0.15) is 0 Å². The molecule has 3 rings (SSSR count). The maximum atomic E-state index is 14.2. The monoisotopic (exact) mass is 263 g/mol. The summed E-state index contributed by atoms with van der Waals surface area (Å²) in [5, 5.41) is 9.38. The van der Waals surface area contributed by atoms with E-state index in [2.05, 4.69) is 0 Å². The van der Waals surface area contributed by atoms with Crippen molar-refractivity contribution in [3.05, 3.63) is 29.6 Å². The minimum atomic E-state index is -0.843. The maximum absolute atomic E-state index is 14.2. The van der Waals surface area contributed by atoms with Gasteiger partial charge in [-0.25, -0.2) is 4.39 Å². The Balaban J connectivity index is 1.92. The van der Waals surface area contributed by atoms with Crippen LogP contribution in [0.4, 0.5) is 10.1 Å². The molecule has 1 aliphatic carbocycles. The summed E-state index contributed by atoms with van der Waals surface area (Å²) >= 11 is 0. The summed E-state index contributed by atoms with van der Waals surface area (Å²) < 4.78 is 14.2. The van der Waals surface area contributed by atoms with Gasteiger partial charge in [0.1, 0.15) is 5.82 Å². The molecule has 0 unspecified atom stereocenters. The van der Waals surface area contributed by atoms with E-state index in [1.165, 1.54) is 6.07 Å². The summed E-state index contributed by atoms with van der Waals surface area (Å²) in [6.45, 7) is 1.78. The molecule has 1 aliphatic heterocycles. The Morgan fingerprint density at radius 1 is 1.21 bits per heavy atom. The van der Waals surface area contributed by atoms with E-state index in [1.807, 2.05) is 4.90 Å². The van der Waals surface area contributed by atoms with Crippen LogP contribution in [0.1, 0.15) is 37.7 Å². The van der Waals surface area contributed by atoms with Gasteiger partial charge in [0.05, 0.1) is 11.1 Å². The van der Waals surface area contributed by atoms with Crippen molar-refractivity contribution in [1.29, 1.82) is 0 Å². The fourth-order valence-corrected chi connectivity index (χ4v) is 3.18. The number of carbonyl (C=O) groups is 1. The molecule has 1 saturated carbocycles. The average molecular weight is 263 g/mol. The number of anilines is 1. The van der Waals surface area contributed by atoms with Gasteiger partial charge in [0.2, 0.25) is 0 Å². The highest BCUT2D eigenvalue weighted by Crippen LogP contribution is 2.44.